The minimum Gasteiger partial charge on any atom is -0.494 e. The van der Waals surface area contributed by atoms with Crippen molar-refractivity contribution in [2.24, 2.45) is 10.9 Å². The van der Waals surface area contributed by atoms with E-state index in [1.54, 1.807) is 17.2 Å². The van der Waals surface area contributed by atoms with Crippen molar-refractivity contribution >= 4 is 27.9 Å². The van der Waals surface area contributed by atoms with E-state index >= 15 is 0 Å². The third-order valence-electron chi connectivity index (χ3n) is 5.62. The van der Waals surface area contributed by atoms with Gasteiger partial charge in [-0.25, -0.2) is 0 Å². The fourth-order valence-electron chi connectivity index (χ4n) is 3.87. The maximum absolute atomic E-state index is 13.5. The first-order chi connectivity index (χ1) is 18.7. The third kappa shape index (κ3) is 9.33. The van der Waals surface area contributed by atoms with Gasteiger partial charge in [0.1, 0.15) is 11.5 Å². The van der Waals surface area contributed by atoms with E-state index in [-0.39, 0.29) is 23.3 Å². The van der Waals surface area contributed by atoms with Crippen molar-refractivity contribution in [2.45, 2.75) is 39.2 Å². The summed E-state index contributed by atoms with van der Waals surface area (Å²) in [6.07, 6.45) is 5.00. The monoisotopic (exact) mass is 553 g/mol. The van der Waals surface area contributed by atoms with Gasteiger partial charge in [0.2, 0.25) is 0 Å². The van der Waals surface area contributed by atoms with Crippen molar-refractivity contribution in [3.63, 3.8) is 0 Å². The molecule has 0 aliphatic heterocycles. The average molecular weight is 554 g/mol. The molecular weight excluding hydrogens is 518 g/mol. The van der Waals surface area contributed by atoms with Crippen LogP contribution in [0.3, 0.4) is 0 Å². The van der Waals surface area contributed by atoms with Crippen molar-refractivity contribution < 1.29 is 26.9 Å². The van der Waals surface area contributed by atoms with Crippen LogP contribution in [-0.2, 0) is 10.1 Å². The molecule has 0 aliphatic rings. The van der Waals surface area contributed by atoms with Gasteiger partial charge in [-0.2, -0.15) is 13.5 Å². The highest BCUT2D eigenvalue weighted by Crippen LogP contribution is 2.30. The Morgan fingerprint density at radius 1 is 0.923 bits per heavy atom. The summed E-state index contributed by atoms with van der Waals surface area (Å²) in [4.78, 5) is 15.1. The Bertz CT molecular complexity index is 1340. The topological polar surface area (TPSA) is 121 Å². The number of ether oxygens (including phenoxy) is 2. The van der Waals surface area contributed by atoms with Crippen molar-refractivity contribution in [2.75, 3.05) is 24.4 Å². The van der Waals surface area contributed by atoms with Gasteiger partial charge < -0.3 is 24.4 Å². The van der Waals surface area contributed by atoms with Crippen molar-refractivity contribution in [1.82, 2.24) is 0 Å². The van der Waals surface area contributed by atoms with Crippen molar-refractivity contribution in [3.8, 4) is 17.2 Å². The quantitative estimate of drug-likeness (QED) is 0.0980. The molecule has 0 fully saturated rings. The van der Waals surface area contributed by atoms with E-state index in [0.717, 1.165) is 36.8 Å². The Labute approximate surface area is 230 Å². The Hall–Kier alpha value is -4.05. The lowest BCUT2D eigenvalue weighted by atomic mass is 10.1. The summed E-state index contributed by atoms with van der Waals surface area (Å²) in [7, 11) is -3.88. The zero-order chi connectivity index (χ0) is 28.3. The SMILES string of the molecule is CC(C)N(C(=O)c1ccc(OCCCCCOc2ccc(/C=N/N)cc2)cc1OS(C)(=O)=O)c1ccccc1. The molecule has 39 heavy (non-hydrogen) atoms. The van der Waals surface area contributed by atoms with E-state index in [0.29, 0.717) is 24.7 Å². The normalized spacial score (nSPS) is 11.5. The molecule has 0 saturated heterocycles. The average Bonchev–Trinajstić information content (AvgIpc) is 2.89. The zero-order valence-electron chi connectivity index (χ0n) is 22.4. The minimum atomic E-state index is -3.88. The Balaban J connectivity index is 1.58. The standard InChI is InChI=1S/C29H35N3O6S/c1-22(2)32(24-10-6-4-7-11-24)29(33)27-17-16-26(20-28(27)38-39(3,34)35)37-19-9-5-8-18-36-25-14-12-23(13-15-25)21-31-30/h4,6-7,10-17,20-22H,5,8-9,18-19,30H2,1-3H3/b31-21+. The molecule has 0 atom stereocenters. The van der Waals surface area contributed by atoms with E-state index in [4.69, 9.17) is 19.5 Å². The molecule has 0 aromatic heterocycles. The summed E-state index contributed by atoms with van der Waals surface area (Å²) in [5, 5.41) is 3.49. The van der Waals surface area contributed by atoms with Crippen LogP contribution in [0.4, 0.5) is 5.69 Å². The van der Waals surface area contributed by atoms with Crippen molar-refractivity contribution in [1.29, 1.82) is 0 Å². The fourth-order valence-corrected chi connectivity index (χ4v) is 4.33. The summed E-state index contributed by atoms with van der Waals surface area (Å²) in [5.74, 6) is 5.89. The van der Waals surface area contributed by atoms with Crippen LogP contribution in [0, 0.1) is 0 Å². The third-order valence-corrected chi connectivity index (χ3v) is 6.11. The number of hydrogen-bond acceptors (Lipinski definition) is 8. The summed E-state index contributed by atoms with van der Waals surface area (Å²) >= 11 is 0. The van der Waals surface area contributed by atoms with E-state index in [1.165, 1.54) is 12.1 Å². The van der Waals surface area contributed by atoms with E-state index < -0.39 is 10.1 Å². The molecule has 0 radical (unpaired) electrons. The minimum absolute atomic E-state index is 0.0706. The van der Waals surface area contributed by atoms with Crippen molar-refractivity contribution in [3.05, 3.63) is 83.9 Å². The number of amides is 1. The highest BCUT2D eigenvalue weighted by atomic mass is 32.2. The number of carbonyl (C=O) groups excluding carboxylic acids is 1. The number of hydrogen-bond donors (Lipinski definition) is 1. The van der Waals surface area contributed by atoms with Crippen LogP contribution in [0.25, 0.3) is 0 Å². The number of para-hydroxylation sites is 1. The second-order valence-electron chi connectivity index (χ2n) is 9.15. The second-order valence-corrected chi connectivity index (χ2v) is 10.7. The van der Waals surface area contributed by atoms with Gasteiger partial charge in [-0.05, 0) is 87.2 Å². The van der Waals surface area contributed by atoms with E-state index in [1.807, 2.05) is 68.4 Å². The first-order valence-electron chi connectivity index (χ1n) is 12.7. The van der Waals surface area contributed by atoms with Gasteiger partial charge >= 0.3 is 10.1 Å². The molecular formula is C29H35N3O6S. The molecule has 3 aromatic rings. The highest BCUT2D eigenvalue weighted by molar-refractivity contribution is 7.86. The van der Waals surface area contributed by atoms with Gasteiger partial charge in [-0.3, -0.25) is 4.79 Å². The summed E-state index contributed by atoms with van der Waals surface area (Å²) in [6.45, 7) is 4.76. The number of nitrogens with two attached hydrogens (primary N) is 1. The van der Waals surface area contributed by atoms with Gasteiger partial charge in [0.05, 0.1) is 31.2 Å². The molecule has 9 nitrogen and oxygen atoms in total. The lowest BCUT2D eigenvalue weighted by Gasteiger charge is -2.27. The molecule has 2 N–H and O–H groups in total. The molecule has 0 spiro atoms. The summed E-state index contributed by atoms with van der Waals surface area (Å²) in [5.41, 5.74) is 1.73. The van der Waals surface area contributed by atoms with Crippen LogP contribution in [0.15, 0.2) is 77.9 Å². The highest BCUT2D eigenvalue weighted by Gasteiger charge is 2.25. The van der Waals surface area contributed by atoms with Gasteiger partial charge in [-0.15, -0.1) is 0 Å². The molecule has 3 rings (SSSR count). The summed E-state index contributed by atoms with van der Waals surface area (Å²) in [6, 6.07) is 21.1. The number of anilines is 1. The Kier molecular flexibility index (Phi) is 10.7. The second kappa shape index (κ2) is 14.2. The lowest BCUT2D eigenvalue weighted by molar-refractivity contribution is 0.0978. The number of unbranched alkanes of at least 4 members (excludes halogenated alkanes) is 2. The lowest BCUT2D eigenvalue weighted by Crippen LogP contribution is -2.37. The smallest absolute Gasteiger partial charge is 0.306 e. The van der Waals surface area contributed by atoms with E-state index in [2.05, 4.69) is 5.10 Å². The number of hydrazone groups is 1. The van der Waals surface area contributed by atoms with Crippen LogP contribution < -0.4 is 24.4 Å². The first kappa shape index (κ1) is 29.5. The van der Waals surface area contributed by atoms with Crippen LogP contribution in [-0.4, -0.2) is 46.1 Å². The maximum atomic E-state index is 13.5. The molecule has 0 aliphatic carbocycles. The van der Waals surface area contributed by atoms with Gasteiger partial charge in [0.15, 0.2) is 5.75 Å². The van der Waals surface area contributed by atoms with Crippen LogP contribution >= 0.6 is 0 Å². The predicted molar refractivity (Wildman–Crippen MR) is 153 cm³/mol. The molecule has 10 heteroatoms. The molecule has 3 aromatic carbocycles. The molecule has 0 unspecified atom stereocenters. The molecule has 0 heterocycles. The fraction of sp³-hybridized carbons (Fsp3) is 0.310. The van der Waals surface area contributed by atoms with Crippen LogP contribution in [0.2, 0.25) is 0 Å². The van der Waals surface area contributed by atoms with Gasteiger partial charge in [0.25, 0.3) is 5.91 Å². The molecule has 208 valence electrons. The number of benzene rings is 3. The van der Waals surface area contributed by atoms with Crippen LogP contribution in [0.5, 0.6) is 17.2 Å². The van der Waals surface area contributed by atoms with Crippen LogP contribution in [0.1, 0.15) is 49.0 Å². The first-order valence-corrected chi connectivity index (χ1v) is 14.5. The predicted octanol–water partition coefficient (Wildman–Crippen LogP) is 5.00. The number of carbonyl (C=O) groups is 1. The van der Waals surface area contributed by atoms with Gasteiger partial charge in [-0.1, -0.05) is 18.2 Å². The largest absolute Gasteiger partial charge is 0.494 e. The Morgan fingerprint density at radius 2 is 1.54 bits per heavy atom. The van der Waals surface area contributed by atoms with E-state index in [9.17, 15) is 13.2 Å². The van der Waals surface area contributed by atoms with Gasteiger partial charge in [0, 0.05) is 17.8 Å². The number of nitrogens with zero attached hydrogens (tertiary/aromatic N) is 2. The Morgan fingerprint density at radius 3 is 2.13 bits per heavy atom. The molecule has 0 bridgehead atoms. The number of rotatable bonds is 14. The zero-order valence-corrected chi connectivity index (χ0v) is 23.3. The molecule has 0 saturated carbocycles. The summed E-state index contributed by atoms with van der Waals surface area (Å²) < 4.78 is 40.7. The molecule has 1 amide bonds. The maximum Gasteiger partial charge on any atom is 0.306 e.